The molecule has 164 valence electrons. The van der Waals surface area contributed by atoms with Crippen LogP contribution >= 0.6 is 24.0 Å². The lowest BCUT2D eigenvalue weighted by atomic mass is 10.1. The van der Waals surface area contributed by atoms with Gasteiger partial charge in [-0.2, -0.15) is 0 Å². The molecule has 0 heterocycles. The van der Waals surface area contributed by atoms with E-state index in [0.717, 1.165) is 5.56 Å². The highest BCUT2D eigenvalue weighted by atomic mass is 127. The fourth-order valence-electron chi connectivity index (χ4n) is 2.66. The Balaban J connectivity index is 0.00000450. The van der Waals surface area contributed by atoms with Crippen LogP contribution in [0, 0.1) is 24.0 Å². The molecule has 0 saturated carbocycles. The van der Waals surface area contributed by atoms with E-state index in [4.69, 9.17) is 4.74 Å². The fraction of sp³-hybridized carbons (Fsp3) is 0.381. The number of nitro benzene ring substituents is 1. The number of nitro groups is 1. The van der Waals surface area contributed by atoms with Gasteiger partial charge in [-0.05, 0) is 44.0 Å². The number of aliphatic hydroxyl groups is 1. The van der Waals surface area contributed by atoms with Crippen LogP contribution in [0.3, 0.4) is 0 Å². The minimum Gasteiger partial charge on any atom is -0.491 e. The summed E-state index contributed by atoms with van der Waals surface area (Å²) in [6.07, 6.45) is -0.768. The standard InChI is InChI=1S/C21H28N4O4.HI/c1-4-22-21(23-12-17-6-5-15(2)11-16(17)3)24-13-19(26)14-29-20-9-7-18(8-10-20)25(27)28;/h5-11,19,26H,4,12-14H2,1-3H3,(H2,22,23,24);1H. The zero-order valence-electron chi connectivity index (χ0n) is 17.4. The first kappa shape index (κ1) is 25.6. The first-order chi connectivity index (χ1) is 13.9. The number of nitrogens with one attached hydrogen (secondary N) is 2. The molecule has 0 spiro atoms. The van der Waals surface area contributed by atoms with Crippen molar-refractivity contribution < 1.29 is 14.8 Å². The van der Waals surface area contributed by atoms with Crippen LogP contribution in [0.1, 0.15) is 23.6 Å². The number of nitrogens with zero attached hydrogens (tertiary/aromatic N) is 2. The van der Waals surface area contributed by atoms with Gasteiger partial charge in [0, 0.05) is 25.2 Å². The molecule has 0 saturated heterocycles. The number of aryl methyl sites for hydroxylation is 2. The summed E-state index contributed by atoms with van der Waals surface area (Å²) in [6.45, 7) is 7.66. The van der Waals surface area contributed by atoms with E-state index in [1.165, 1.54) is 35.4 Å². The van der Waals surface area contributed by atoms with E-state index >= 15 is 0 Å². The number of rotatable bonds is 9. The number of aliphatic hydroxyl groups excluding tert-OH is 1. The van der Waals surface area contributed by atoms with Gasteiger partial charge in [-0.3, -0.25) is 10.1 Å². The molecule has 1 unspecified atom stereocenters. The van der Waals surface area contributed by atoms with Crippen molar-refractivity contribution in [2.75, 3.05) is 19.7 Å². The average Bonchev–Trinajstić information content (AvgIpc) is 2.69. The molecule has 8 nitrogen and oxygen atoms in total. The van der Waals surface area contributed by atoms with Crippen LogP contribution in [0.4, 0.5) is 5.69 Å². The first-order valence-corrected chi connectivity index (χ1v) is 9.52. The molecule has 3 N–H and O–H groups in total. The fourth-order valence-corrected chi connectivity index (χ4v) is 2.66. The zero-order chi connectivity index (χ0) is 21.2. The molecule has 0 aliphatic heterocycles. The number of benzene rings is 2. The maximum absolute atomic E-state index is 10.7. The van der Waals surface area contributed by atoms with E-state index in [9.17, 15) is 15.2 Å². The summed E-state index contributed by atoms with van der Waals surface area (Å²) in [7, 11) is 0. The van der Waals surface area contributed by atoms with Gasteiger partial charge in [-0.15, -0.1) is 24.0 Å². The lowest BCUT2D eigenvalue weighted by molar-refractivity contribution is -0.384. The Kier molecular flexibility index (Phi) is 11.1. The highest BCUT2D eigenvalue weighted by Gasteiger charge is 2.09. The third kappa shape index (κ3) is 8.54. The summed E-state index contributed by atoms with van der Waals surface area (Å²) in [5.74, 6) is 1.08. The van der Waals surface area contributed by atoms with Gasteiger partial charge < -0.3 is 20.5 Å². The number of hydrogen-bond donors (Lipinski definition) is 3. The van der Waals surface area contributed by atoms with E-state index in [2.05, 4.69) is 47.7 Å². The molecule has 2 aromatic rings. The van der Waals surface area contributed by atoms with Crippen LogP contribution < -0.4 is 15.4 Å². The van der Waals surface area contributed by atoms with Crippen LogP contribution in [0.5, 0.6) is 5.75 Å². The van der Waals surface area contributed by atoms with Gasteiger partial charge >= 0.3 is 0 Å². The maximum Gasteiger partial charge on any atom is 0.269 e. The Morgan fingerprint density at radius 1 is 1.20 bits per heavy atom. The van der Waals surface area contributed by atoms with Crippen molar-refractivity contribution in [3.8, 4) is 5.75 Å². The molecule has 2 rings (SSSR count). The first-order valence-electron chi connectivity index (χ1n) is 9.52. The van der Waals surface area contributed by atoms with E-state index in [1.54, 1.807) is 0 Å². The Morgan fingerprint density at radius 2 is 1.90 bits per heavy atom. The zero-order valence-corrected chi connectivity index (χ0v) is 19.8. The van der Waals surface area contributed by atoms with Crippen molar-refractivity contribution in [2.24, 2.45) is 4.99 Å². The number of aliphatic imine (C=N–C) groups is 1. The van der Waals surface area contributed by atoms with E-state index in [0.29, 0.717) is 24.8 Å². The number of halogens is 1. The number of ether oxygens (including phenoxy) is 1. The predicted octanol–water partition coefficient (Wildman–Crippen LogP) is 3.32. The highest BCUT2D eigenvalue weighted by Crippen LogP contribution is 2.17. The molecular weight excluding hydrogens is 499 g/mol. The molecule has 0 radical (unpaired) electrons. The van der Waals surface area contributed by atoms with Crippen LogP contribution in [0.2, 0.25) is 0 Å². The molecule has 0 bridgehead atoms. The second-order valence-corrected chi connectivity index (χ2v) is 6.72. The smallest absolute Gasteiger partial charge is 0.269 e. The minimum absolute atomic E-state index is 0. The lowest BCUT2D eigenvalue weighted by Gasteiger charge is -2.16. The van der Waals surface area contributed by atoms with Crippen molar-refractivity contribution in [1.29, 1.82) is 0 Å². The number of non-ortho nitro benzene ring substituents is 1. The largest absolute Gasteiger partial charge is 0.491 e. The van der Waals surface area contributed by atoms with Crippen molar-refractivity contribution in [3.63, 3.8) is 0 Å². The quantitative estimate of drug-likeness (QED) is 0.152. The number of guanidine groups is 1. The Hall–Kier alpha value is -2.40. The average molecular weight is 528 g/mol. The van der Waals surface area contributed by atoms with Crippen LogP contribution in [0.15, 0.2) is 47.5 Å². The summed E-state index contributed by atoms with van der Waals surface area (Å²) in [4.78, 5) is 14.8. The van der Waals surface area contributed by atoms with Crippen LogP contribution in [0.25, 0.3) is 0 Å². The molecule has 1 atom stereocenters. The second kappa shape index (κ2) is 13.0. The minimum atomic E-state index is -0.768. The van der Waals surface area contributed by atoms with Gasteiger partial charge in [0.15, 0.2) is 5.96 Å². The molecule has 0 aliphatic rings. The van der Waals surface area contributed by atoms with Crippen LogP contribution in [-0.2, 0) is 6.54 Å². The molecular formula is C21H29IN4O4. The Morgan fingerprint density at radius 3 is 2.50 bits per heavy atom. The second-order valence-electron chi connectivity index (χ2n) is 6.72. The molecule has 0 fully saturated rings. The summed E-state index contributed by atoms with van der Waals surface area (Å²) >= 11 is 0. The van der Waals surface area contributed by atoms with Crippen molar-refractivity contribution in [2.45, 2.75) is 33.4 Å². The third-order valence-electron chi connectivity index (χ3n) is 4.24. The molecule has 0 aromatic heterocycles. The van der Waals surface area contributed by atoms with Gasteiger partial charge in [0.25, 0.3) is 5.69 Å². The lowest BCUT2D eigenvalue weighted by Crippen LogP contribution is -2.42. The Labute approximate surface area is 193 Å². The van der Waals surface area contributed by atoms with Crippen molar-refractivity contribution in [3.05, 3.63) is 69.3 Å². The predicted molar refractivity (Wildman–Crippen MR) is 129 cm³/mol. The van der Waals surface area contributed by atoms with E-state index in [1.807, 2.05) is 6.92 Å². The molecule has 2 aromatic carbocycles. The monoisotopic (exact) mass is 528 g/mol. The summed E-state index contributed by atoms with van der Waals surface area (Å²) in [5, 5.41) is 27.1. The maximum atomic E-state index is 10.7. The number of hydrogen-bond acceptors (Lipinski definition) is 5. The van der Waals surface area contributed by atoms with Gasteiger partial charge in [0.2, 0.25) is 0 Å². The third-order valence-corrected chi connectivity index (χ3v) is 4.24. The van der Waals surface area contributed by atoms with Gasteiger partial charge in [0.1, 0.15) is 18.5 Å². The summed E-state index contributed by atoms with van der Waals surface area (Å²) in [5.41, 5.74) is 3.56. The molecule has 9 heteroatoms. The topological polar surface area (TPSA) is 109 Å². The van der Waals surface area contributed by atoms with Crippen LogP contribution in [-0.4, -0.2) is 41.8 Å². The van der Waals surface area contributed by atoms with Crippen molar-refractivity contribution >= 4 is 35.6 Å². The van der Waals surface area contributed by atoms with Crippen molar-refractivity contribution in [1.82, 2.24) is 10.6 Å². The van der Waals surface area contributed by atoms with Gasteiger partial charge in [0.05, 0.1) is 11.5 Å². The Bertz CT molecular complexity index is 843. The van der Waals surface area contributed by atoms with E-state index in [-0.39, 0.29) is 42.8 Å². The molecule has 0 aliphatic carbocycles. The molecule has 0 amide bonds. The summed E-state index contributed by atoms with van der Waals surface area (Å²) in [6, 6.07) is 12.0. The SMILES string of the molecule is CCNC(=NCc1ccc(C)cc1C)NCC(O)COc1ccc([N+](=O)[O-])cc1.I. The van der Waals surface area contributed by atoms with Gasteiger partial charge in [-0.1, -0.05) is 23.8 Å². The highest BCUT2D eigenvalue weighted by molar-refractivity contribution is 14.0. The summed E-state index contributed by atoms with van der Waals surface area (Å²) < 4.78 is 5.48. The molecule has 30 heavy (non-hydrogen) atoms. The normalized spacial score (nSPS) is 11.9. The van der Waals surface area contributed by atoms with E-state index < -0.39 is 11.0 Å². The van der Waals surface area contributed by atoms with Gasteiger partial charge in [-0.25, -0.2) is 4.99 Å².